The first-order chi connectivity index (χ1) is 13.1. The number of pyridine rings is 1. The van der Waals surface area contributed by atoms with Crippen molar-refractivity contribution in [3.8, 4) is 0 Å². The van der Waals surface area contributed by atoms with Crippen molar-refractivity contribution >= 4 is 22.6 Å². The molecule has 27 heavy (non-hydrogen) atoms. The van der Waals surface area contributed by atoms with Gasteiger partial charge in [0.2, 0.25) is 5.91 Å². The van der Waals surface area contributed by atoms with Gasteiger partial charge in [-0.3, -0.25) is 14.6 Å². The van der Waals surface area contributed by atoms with Crippen LogP contribution in [0.2, 0.25) is 0 Å². The zero-order valence-electron chi connectivity index (χ0n) is 15.8. The Morgan fingerprint density at radius 1 is 1.15 bits per heavy atom. The van der Waals surface area contributed by atoms with Crippen LogP contribution in [0.15, 0.2) is 54.9 Å². The van der Waals surface area contributed by atoms with E-state index in [1.165, 1.54) is 0 Å². The van der Waals surface area contributed by atoms with Crippen molar-refractivity contribution < 1.29 is 9.59 Å². The van der Waals surface area contributed by atoms with Gasteiger partial charge in [-0.1, -0.05) is 31.2 Å². The molecule has 0 saturated carbocycles. The first-order valence-corrected chi connectivity index (χ1v) is 9.40. The molecule has 0 radical (unpaired) electrons. The van der Waals surface area contributed by atoms with Crippen molar-refractivity contribution in [3.63, 3.8) is 0 Å². The summed E-state index contributed by atoms with van der Waals surface area (Å²) in [5, 5.41) is 3.93. The summed E-state index contributed by atoms with van der Waals surface area (Å²) in [4.78, 5) is 29.1. The minimum Gasteiger partial charge on any atom is -0.354 e. The summed E-state index contributed by atoms with van der Waals surface area (Å²) in [6.07, 6.45) is 5.92. The Morgan fingerprint density at radius 3 is 2.63 bits per heavy atom. The summed E-state index contributed by atoms with van der Waals surface area (Å²) >= 11 is 0. The fourth-order valence-corrected chi connectivity index (χ4v) is 3.40. The zero-order valence-corrected chi connectivity index (χ0v) is 15.8. The topological polar surface area (TPSA) is 64.0 Å². The lowest BCUT2D eigenvalue weighted by Gasteiger charge is -2.18. The van der Waals surface area contributed by atoms with Crippen LogP contribution in [0, 0.1) is 0 Å². The van der Waals surface area contributed by atoms with Gasteiger partial charge in [-0.2, -0.15) is 0 Å². The highest BCUT2D eigenvalue weighted by Gasteiger charge is 2.22. The Morgan fingerprint density at radius 2 is 1.93 bits per heavy atom. The molecule has 0 aliphatic carbocycles. The van der Waals surface area contributed by atoms with Crippen molar-refractivity contribution in [2.24, 2.45) is 0 Å². The summed E-state index contributed by atoms with van der Waals surface area (Å²) in [7, 11) is 0. The molecule has 3 aromatic rings. The van der Waals surface area contributed by atoms with Crippen LogP contribution in [0.4, 0.5) is 0 Å². The standard InChI is InChI=1S/C22H25N3O2/c1-3-20(22(27)24-14-8-10-17-9-6-7-13-23-17)25-15-19(16(2)26)18-11-4-5-12-21(18)25/h4-7,9,11-13,15,20H,3,8,10,14H2,1-2H3,(H,24,27)/t20-/m0/s1. The van der Waals surface area contributed by atoms with E-state index in [1.54, 1.807) is 13.1 Å². The van der Waals surface area contributed by atoms with Crippen LogP contribution in [0.3, 0.4) is 0 Å². The van der Waals surface area contributed by atoms with Crippen molar-refractivity contribution in [3.05, 3.63) is 66.1 Å². The molecule has 0 unspecified atom stereocenters. The van der Waals surface area contributed by atoms with Gasteiger partial charge in [0, 0.05) is 41.1 Å². The van der Waals surface area contributed by atoms with Gasteiger partial charge in [-0.05, 0) is 44.4 Å². The first kappa shape index (κ1) is 18.8. The third kappa shape index (κ3) is 4.25. The number of aryl methyl sites for hydroxylation is 1. The number of carbonyl (C=O) groups is 2. The third-order valence-electron chi connectivity index (χ3n) is 4.78. The van der Waals surface area contributed by atoms with Crippen LogP contribution in [0.1, 0.15) is 48.8 Å². The van der Waals surface area contributed by atoms with Crippen LogP contribution in [0.25, 0.3) is 10.9 Å². The maximum atomic E-state index is 12.8. The van der Waals surface area contributed by atoms with E-state index >= 15 is 0 Å². The third-order valence-corrected chi connectivity index (χ3v) is 4.78. The molecule has 0 spiro atoms. The summed E-state index contributed by atoms with van der Waals surface area (Å²) < 4.78 is 1.93. The quantitative estimate of drug-likeness (QED) is 0.487. The van der Waals surface area contributed by atoms with Gasteiger partial charge in [-0.25, -0.2) is 0 Å². The fourth-order valence-electron chi connectivity index (χ4n) is 3.40. The van der Waals surface area contributed by atoms with Crippen molar-refractivity contribution in [1.29, 1.82) is 0 Å². The molecule has 140 valence electrons. The predicted octanol–water partition coefficient (Wildman–Crippen LogP) is 3.94. The maximum absolute atomic E-state index is 12.8. The minimum atomic E-state index is -0.335. The van der Waals surface area contributed by atoms with Gasteiger partial charge in [0.15, 0.2) is 5.78 Å². The number of Topliss-reactive ketones (excluding diaryl/α,β-unsaturated/α-hetero) is 1. The number of rotatable bonds is 8. The molecule has 1 aromatic carbocycles. The van der Waals surface area contributed by atoms with Crippen LogP contribution in [-0.2, 0) is 11.2 Å². The number of benzene rings is 1. The molecule has 0 saturated heterocycles. The summed E-state index contributed by atoms with van der Waals surface area (Å²) in [6.45, 7) is 4.15. The van der Waals surface area contributed by atoms with Gasteiger partial charge < -0.3 is 9.88 Å². The SMILES string of the molecule is CC[C@@H](C(=O)NCCCc1ccccn1)n1cc(C(C)=O)c2ccccc21. The van der Waals surface area contributed by atoms with E-state index in [0.717, 1.165) is 29.4 Å². The Hall–Kier alpha value is -2.95. The van der Waals surface area contributed by atoms with Gasteiger partial charge >= 0.3 is 0 Å². The monoisotopic (exact) mass is 363 g/mol. The van der Waals surface area contributed by atoms with E-state index in [0.29, 0.717) is 18.5 Å². The normalized spacial score (nSPS) is 12.1. The molecule has 1 N–H and O–H groups in total. The van der Waals surface area contributed by atoms with Crippen LogP contribution >= 0.6 is 0 Å². The van der Waals surface area contributed by atoms with E-state index in [-0.39, 0.29) is 17.7 Å². The highest BCUT2D eigenvalue weighted by molar-refractivity contribution is 6.07. The van der Waals surface area contributed by atoms with E-state index in [2.05, 4.69) is 10.3 Å². The molecular weight excluding hydrogens is 338 g/mol. The Bertz CT molecular complexity index is 931. The lowest BCUT2D eigenvalue weighted by atomic mass is 10.1. The number of ketones is 1. The number of aromatic nitrogens is 2. The molecular formula is C22H25N3O2. The van der Waals surface area contributed by atoms with Gasteiger partial charge in [0.1, 0.15) is 6.04 Å². The number of hydrogen-bond donors (Lipinski definition) is 1. The number of carbonyl (C=O) groups excluding carboxylic acids is 2. The number of nitrogens with zero attached hydrogens (tertiary/aromatic N) is 2. The van der Waals surface area contributed by atoms with Gasteiger partial charge in [0.05, 0.1) is 0 Å². The average Bonchev–Trinajstić information content (AvgIpc) is 3.07. The van der Waals surface area contributed by atoms with Gasteiger partial charge in [0.25, 0.3) is 0 Å². The Kier molecular flexibility index (Phi) is 6.01. The molecule has 0 aliphatic rings. The van der Waals surface area contributed by atoms with Crippen molar-refractivity contribution in [2.45, 2.75) is 39.2 Å². The number of fused-ring (bicyclic) bond motifs is 1. The van der Waals surface area contributed by atoms with Crippen LogP contribution in [0.5, 0.6) is 0 Å². The summed E-state index contributed by atoms with van der Waals surface area (Å²) in [5.41, 5.74) is 2.60. The molecule has 0 aliphatic heterocycles. The number of nitrogens with one attached hydrogen (secondary N) is 1. The van der Waals surface area contributed by atoms with E-state index in [4.69, 9.17) is 0 Å². The van der Waals surface area contributed by atoms with E-state index in [9.17, 15) is 9.59 Å². The zero-order chi connectivity index (χ0) is 19.2. The largest absolute Gasteiger partial charge is 0.354 e. The second kappa shape index (κ2) is 8.62. The first-order valence-electron chi connectivity index (χ1n) is 9.40. The molecule has 2 aromatic heterocycles. The number of amides is 1. The van der Waals surface area contributed by atoms with E-state index in [1.807, 2.05) is 60.2 Å². The highest BCUT2D eigenvalue weighted by atomic mass is 16.2. The molecule has 5 heteroatoms. The lowest BCUT2D eigenvalue weighted by Crippen LogP contribution is -2.33. The summed E-state index contributed by atoms with van der Waals surface area (Å²) in [6, 6.07) is 13.3. The maximum Gasteiger partial charge on any atom is 0.243 e. The molecule has 2 heterocycles. The van der Waals surface area contributed by atoms with Crippen molar-refractivity contribution in [2.75, 3.05) is 6.54 Å². The van der Waals surface area contributed by atoms with Crippen LogP contribution < -0.4 is 5.32 Å². The minimum absolute atomic E-state index is 0.00979. The van der Waals surface area contributed by atoms with E-state index < -0.39 is 0 Å². The fraction of sp³-hybridized carbons (Fsp3) is 0.318. The highest BCUT2D eigenvalue weighted by Crippen LogP contribution is 2.26. The predicted molar refractivity (Wildman–Crippen MR) is 107 cm³/mol. The molecule has 0 fully saturated rings. The summed E-state index contributed by atoms with van der Waals surface area (Å²) in [5.74, 6) is -0.00931. The molecule has 3 rings (SSSR count). The van der Waals surface area contributed by atoms with Crippen molar-refractivity contribution in [1.82, 2.24) is 14.9 Å². The second-order valence-electron chi connectivity index (χ2n) is 6.66. The molecule has 1 atom stereocenters. The smallest absolute Gasteiger partial charge is 0.243 e. The van der Waals surface area contributed by atoms with Gasteiger partial charge in [-0.15, -0.1) is 0 Å². The number of para-hydroxylation sites is 1. The second-order valence-corrected chi connectivity index (χ2v) is 6.66. The Balaban J connectivity index is 1.70. The Labute approximate surface area is 159 Å². The average molecular weight is 363 g/mol. The molecule has 0 bridgehead atoms. The van der Waals surface area contributed by atoms with Crippen LogP contribution in [-0.4, -0.2) is 27.8 Å². The number of hydrogen-bond acceptors (Lipinski definition) is 3. The molecule has 5 nitrogen and oxygen atoms in total. The molecule has 1 amide bonds. The lowest BCUT2D eigenvalue weighted by molar-refractivity contribution is -0.124.